The Morgan fingerprint density at radius 2 is 1.24 bits per heavy atom. The van der Waals surface area contributed by atoms with Gasteiger partial charge in [0, 0.05) is 31.9 Å². The molecule has 14 nitrogen and oxygen atoms in total. The number of aromatic nitrogens is 8. The summed E-state index contributed by atoms with van der Waals surface area (Å²) in [5.41, 5.74) is 10.6. The molecule has 0 radical (unpaired) electrons. The van der Waals surface area contributed by atoms with Gasteiger partial charge < -0.3 is 25.3 Å². The van der Waals surface area contributed by atoms with Crippen LogP contribution in [0.4, 0.5) is 4.79 Å². The first kappa shape index (κ1) is 33.8. The van der Waals surface area contributed by atoms with Crippen molar-refractivity contribution >= 4 is 6.09 Å². The van der Waals surface area contributed by atoms with Crippen LogP contribution in [0.2, 0.25) is 0 Å². The summed E-state index contributed by atoms with van der Waals surface area (Å²) in [6.45, 7) is 3.70. The molecule has 14 heteroatoms. The molecule has 0 atom stereocenters. The number of nitrogens with one attached hydrogen (secondary N) is 1. The fraction of sp³-hybridized carbons (Fsp3) is 0.344. The highest BCUT2D eigenvalue weighted by molar-refractivity contribution is 5.67. The van der Waals surface area contributed by atoms with Crippen LogP contribution in [-0.4, -0.2) is 87.0 Å². The highest BCUT2D eigenvalue weighted by Gasteiger charge is 2.08. The van der Waals surface area contributed by atoms with Crippen LogP contribution in [0.5, 0.6) is 0 Å². The molecule has 3 N–H and O–H groups in total. The van der Waals surface area contributed by atoms with Crippen molar-refractivity contribution in [3.05, 3.63) is 95.6 Å². The Balaban J connectivity index is 0.000000230. The third-order valence-electron chi connectivity index (χ3n) is 6.65. The lowest BCUT2D eigenvalue weighted by Crippen LogP contribution is -2.26. The van der Waals surface area contributed by atoms with Crippen LogP contribution < -0.4 is 11.1 Å². The Morgan fingerprint density at radius 1 is 0.717 bits per heavy atom. The van der Waals surface area contributed by atoms with Crippen LogP contribution in [0, 0.1) is 0 Å². The van der Waals surface area contributed by atoms with Crippen LogP contribution in [-0.2, 0) is 46.7 Å². The number of rotatable bonds is 15. The SMILES string of the molecule is COCCn1nnc(-c2ccc(CCN)cc2)n1.COCCn1nnc(-c2ccc(CCNC(=O)OCc3ccccc3)cc2)n1. The number of ether oxygens (including phenoxy) is 3. The van der Waals surface area contributed by atoms with E-state index in [-0.39, 0.29) is 6.61 Å². The summed E-state index contributed by atoms with van der Waals surface area (Å²) >= 11 is 0. The van der Waals surface area contributed by atoms with Crippen LogP contribution in [0.3, 0.4) is 0 Å². The number of benzene rings is 3. The summed E-state index contributed by atoms with van der Waals surface area (Å²) < 4.78 is 15.2. The monoisotopic (exact) mass is 628 g/mol. The van der Waals surface area contributed by atoms with Gasteiger partial charge in [-0.05, 0) is 46.5 Å². The van der Waals surface area contributed by atoms with Gasteiger partial charge in [0.2, 0.25) is 11.6 Å². The van der Waals surface area contributed by atoms with E-state index in [1.165, 1.54) is 15.2 Å². The highest BCUT2D eigenvalue weighted by Crippen LogP contribution is 2.16. The third kappa shape index (κ3) is 11.1. The van der Waals surface area contributed by atoms with Crippen molar-refractivity contribution in [1.82, 2.24) is 45.7 Å². The molecule has 3 aromatic carbocycles. The summed E-state index contributed by atoms with van der Waals surface area (Å²) in [6.07, 6.45) is 1.17. The molecule has 0 aliphatic carbocycles. The van der Waals surface area contributed by atoms with Crippen molar-refractivity contribution in [2.24, 2.45) is 5.73 Å². The van der Waals surface area contributed by atoms with Crippen molar-refractivity contribution in [1.29, 1.82) is 0 Å². The number of alkyl carbamates (subject to hydrolysis) is 1. The topological polar surface area (TPSA) is 170 Å². The van der Waals surface area contributed by atoms with E-state index in [1.54, 1.807) is 14.2 Å². The standard InChI is InChI=1S/C20H23N5O3.C12H17N5O/c1-27-14-13-25-23-19(22-24-25)18-9-7-16(8-10-18)11-12-21-20(26)28-15-17-5-3-2-4-6-17;1-18-9-8-17-15-12(14-16-17)11-4-2-10(3-5-11)6-7-13/h2-10H,11-15H2,1H3,(H,21,26);2-5H,6-9,13H2,1H3. The number of hydrogen-bond donors (Lipinski definition) is 2. The molecule has 1 amide bonds. The molecule has 0 aliphatic rings. The van der Waals surface area contributed by atoms with Gasteiger partial charge in [-0.25, -0.2) is 4.79 Å². The minimum absolute atomic E-state index is 0.263. The molecule has 2 aromatic heterocycles. The molecular formula is C32H40N10O4. The van der Waals surface area contributed by atoms with Gasteiger partial charge in [-0.3, -0.25) is 0 Å². The largest absolute Gasteiger partial charge is 0.445 e. The second kappa shape index (κ2) is 18.7. The first-order valence-electron chi connectivity index (χ1n) is 14.9. The molecule has 0 saturated carbocycles. The number of nitrogens with zero attached hydrogens (tertiary/aromatic N) is 8. The lowest BCUT2D eigenvalue weighted by atomic mass is 10.1. The van der Waals surface area contributed by atoms with Crippen molar-refractivity contribution in [3.8, 4) is 22.8 Å². The van der Waals surface area contributed by atoms with E-state index in [0.717, 1.165) is 28.7 Å². The maximum Gasteiger partial charge on any atom is 0.407 e. The predicted octanol–water partition coefficient (Wildman–Crippen LogP) is 2.94. The minimum Gasteiger partial charge on any atom is -0.445 e. The van der Waals surface area contributed by atoms with Gasteiger partial charge in [-0.2, -0.15) is 9.59 Å². The Hall–Kier alpha value is -5.05. The van der Waals surface area contributed by atoms with Crippen molar-refractivity contribution in [3.63, 3.8) is 0 Å². The van der Waals surface area contributed by atoms with E-state index >= 15 is 0 Å². The van der Waals surface area contributed by atoms with Gasteiger partial charge in [-0.15, -0.1) is 20.4 Å². The normalized spacial score (nSPS) is 10.7. The Morgan fingerprint density at radius 3 is 1.74 bits per heavy atom. The van der Waals surface area contributed by atoms with E-state index in [9.17, 15) is 4.79 Å². The summed E-state index contributed by atoms with van der Waals surface area (Å²) in [4.78, 5) is 14.8. The number of nitrogens with two attached hydrogens (primary N) is 1. The molecule has 0 bridgehead atoms. The van der Waals surface area contributed by atoms with Crippen LogP contribution in [0.25, 0.3) is 22.8 Å². The quantitative estimate of drug-likeness (QED) is 0.175. The zero-order chi connectivity index (χ0) is 32.4. The van der Waals surface area contributed by atoms with Gasteiger partial charge in [-0.1, -0.05) is 78.9 Å². The summed E-state index contributed by atoms with van der Waals surface area (Å²) in [7, 11) is 3.28. The molecule has 0 fully saturated rings. The molecular weight excluding hydrogens is 588 g/mol. The molecule has 0 saturated heterocycles. The summed E-state index contributed by atoms with van der Waals surface area (Å²) in [5.74, 6) is 1.20. The molecule has 0 unspecified atom stereocenters. The average molecular weight is 629 g/mol. The highest BCUT2D eigenvalue weighted by atomic mass is 16.5. The molecule has 242 valence electrons. The molecule has 2 heterocycles. The van der Waals surface area contributed by atoms with Crippen LogP contribution in [0.1, 0.15) is 16.7 Å². The van der Waals surface area contributed by atoms with Gasteiger partial charge in [0.15, 0.2) is 0 Å². The van der Waals surface area contributed by atoms with E-state index in [0.29, 0.717) is 57.5 Å². The molecule has 5 rings (SSSR count). The molecule has 5 aromatic rings. The van der Waals surface area contributed by atoms with E-state index in [2.05, 4.69) is 36.1 Å². The number of carbonyl (C=O) groups excluding carboxylic acids is 1. The smallest absolute Gasteiger partial charge is 0.407 e. The third-order valence-corrected chi connectivity index (χ3v) is 6.65. The number of methoxy groups -OCH3 is 2. The first-order valence-corrected chi connectivity index (χ1v) is 14.9. The van der Waals surface area contributed by atoms with E-state index in [1.807, 2.05) is 78.9 Å². The zero-order valence-corrected chi connectivity index (χ0v) is 26.2. The summed E-state index contributed by atoms with van der Waals surface area (Å²) in [5, 5.41) is 27.4. The molecule has 0 spiro atoms. The first-order chi connectivity index (χ1) is 22.6. The zero-order valence-electron chi connectivity index (χ0n) is 26.2. The second-order valence-electron chi connectivity index (χ2n) is 10.1. The number of carbonyl (C=O) groups is 1. The fourth-order valence-corrected chi connectivity index (χ4v) is 4.14. The second-order valence-corrected chi connectivity index (χ2v) is 10.1. The maximum absolute atomic E-state index is 11.8. The maximum atomic E-state index is 11.8. The predicted molar refractivity (Wildman–Crippen MR) is 171 cm³/mol. The fourth-order valence-electron chi connectivity index (χ4n) is 4.14. The van der Waals surface area contributed by atoms with Gasteiger partial charge in [0.05, 0.1) is 26.3 Å². The van der Waals surface area contributed by atoms with Gasteiger partial charge >= 0.3 is 6.09 Å². The van der Waals surface area contributed by atoms with E-state index in [4.69, 9.17) is 19.9 Å². The lowest BCUT2D eigenvalue weighted by molar-refractivity contribution is 0.140. The van der Waals surface area contributed by atoms with Crippen LogP contribution in [0.15, 0.2) is 78.9 Å². The van der Waals surface area contributed by atoms with Crippen molar-refractivity contribution < 1.29 is 19.0 Å². The lowest BCUT2D eigenvalue weighted by Gasteiger charge is -2.07. The van der Waals surface area contributed by atoms with Crippen molar-refractivity contribution in [2.45, 2.75) is 32.5 Å². The van der Waals surface area contributed by atoms with E-state index < -0.39 is 6.09 Å². The average Bonchev–Trinajstić information content (AvgIpc) is 3.77. The molecule has 0 aliphatic heterocycles. The Kier molecular flexibility index (Phi) is 13.7. The van der Waals surface area contributed by atoms with Gasteiger partial charge in [0.1, 0.15) is 6.61 Å². The minimum atomic E-state index is -0.419. The Bertz CT molecular complexity index is 1570. The molecule has 46 heavy (non-hydrogen) atoms. The van der Waals surface area contributed by atoms with Crippen LogP contribution >= 0.6 is 0 Å². The number of tetrazole rings is 2. The number of amides is 1. The number of hydrogen-bond acceptors (Lipinski definition) is 11. The van der Waals surface area contributed by atoms with Gasteiger partial charge in [0.25, 0.3) is 0 Å². The Labute approximate surface area is 267 Å². The van der Waals surface area contributed by atoms with Crippen molar-refractivity contribution in [2.75, 3.05) is 40.5 Å². The summed E-state index contributed by atoms with van der Waals surface area (Å²) in [6, 6.07) is 25.5.